The Labute approximate surface area is 162 Å². The monoisotopic (exact) mass is 379 g/mol. The van der Waals surface area contributed by atoms with Gasteiger partial charge in [0.1, 0.15) is 10.7 Å². The highest BCUT2D eigenvalue weighted by Gasteiger charge is 2.25. The molecule has 7 heteroatoms. The molecule has 138 valence electrons. The van der Waals surface area contributed by atoms with E-state index in [0.29, 0.717) is 18.8 Å². The Kier molecular flexibility index (Phi) is 4.85. The van der Waals surface area contributed by atoms with Gasteiger partial charge in [0.05, 0.1) is 0 Å². The first-order valence-corrected chi connectivity index (χ1v) is 9.84. The summed E-state index contributed by atoms with van der Waals surface area (Å²) in [5.74, 6) is 0.714. The Morgan fingerprint density at radius 2 is 1.81 bits per heavy atom. The number of aryl methyl sites for hydroxylation is 2. The van der Waals surface area contributed by atoms with Crippen LogP contribution in [0.4, 0.5) is 5.95 Å². The van der Waals surface area contributed by atoms with Crippen molar-refractivity contribution in [1.29, 1.82) is 0 Å². The number of piperazine rings is 1. The molecule has 1 aliphatic rings. The van der Waals surface area contributed by atoms with Crippen LogP contribution in [0.1, 0.15) is 21.6 Å². The number of hydrogen-bond donors (Lipinski definition) is 0. The van der Waals surface area contributed by atoms with Crippen LogP contribution in [0.15, 0.2) is 42.0 Å². The molecule has 6 nitrogen and oxygen atoms in total. The Hall–Kier alpha value is -2.80. The first kappa shape index (κ1) is 17.6. The standard InChI is InChI=1S/C20H21N5OS/c1-14-4-5-16(15(2)12-14)18-23-17(13-27-18)19(26)24-8-10-25(11-9-24)20-21-6-3-7-22-20/h3-7,12-13H,8-11H2,1-2H3. The zero-order chi connectivity index (χ0) is 18.8. The van der Waals surface area contributed by atoms with Crippen molar-refractivity contribution < 1.29 is 4.79 Å². The molecule has 4 rings (SSSR count). The van der Waals surface area contributed by atoms with Crippen LogP contribution < -0.4 is 4.90 Å². The second-order valence-electron chi connectivity index (χ2n) is 6.68. The summed E-state index contributed by atoms with van der Waals surface area (Å²) in [6, 6.07) is 8.11. The molecule has 1 aromatic carbocycles. The smallest absolute Gasteiger partial charge is 0.273 e. The van der Waals surface area contributed by atoms with E-state index in [1.165, 1.54) is 22.5 Å². The molecule has 1 fully saturated rings. The van der Waals surface area contributed by atoms with Gasteiger partial charge in [0, 0.05) is 49.5 Å². The number of anilines is 1. The predicted octanol–water partition coefficient (Wildman–Crippen LogP) is 3.18. The van der Waals surface area contributed by atoms with E-state index >= 15 is 0 Å². The van der Waals surface area contributed by atoms with Gasteiger partial charge in [-0.3, -0.25) is 4.79 Å². The number of thiazole rings is 1. The molecule has 2 aromatic heterocycles. The normalized spacial score (nSPS) is 14.4. The quantitative estimate of drug-likeness (QED) is 0.699. The van der Waals surface area contributed by atoms with E-state index in [4.69, 9.17) is 0 Å². The molecule has 1 aliphatic heterocycles. The van der Waals surface area contributed by atoms with Crippen LogP contribution in [0.2, 0.25) is 0 Å². The first-order chi connectivity index (χ1) is 13.1. The van der Waals surface area contributed by atoms with Gasteiger partial charge >= 0.3 is 0 Å². The Morgan fingerprint density at radius 3 is 2.52 bits per heavy atom. The second-order valence-corrected chi connectivity index (χ2v) is 7.54. The maximum atomic E-state index is 12.8. The van der Waals surface area contributed by atoms with Gasteiger partial charge in [-0.25, -0.2) is 15.0 Å². The van der Waals surface area contributed by atoms with Crippen molar-refractivity contribution in [1.82, 2.24) is 19.9 Å². The summed E-state index contributed by atoms with van der Waals surface area (Å²) in [4.78, 5) is 30.0. The summed E-state index contributed by atoms with van der Waals surface area (Å²) in [5, 5.41) is 2.76. The van der Waals surface area contributed by atoms with Crippen molar-refractivity contribution in [3.05, 3.63) is 58.9 Å². The first-order valence-electron chi connectivity index (χ1n) is 8.96. The SMILES string of the molecule is Cc1ccc(-c2nc(C(=O)N3CCN(c4ncccn4)CC3)cs2)c(C)c1. The number of rotatable bonds is 3. The highest BCUT2D eigenvalue weighted by molar-refractivity contribution is 7.13. The van der Waals surface area contributed by atoms with Crippen molar-refractivity contribution in [2.75, 3.05) is 31.1 Å². The summed E-state index contributed by atoms with van der Waals surface area (Å²) in [7, 11) is 0. The molecule has 0 radical (unpaired) electrons. The third-order valence-electron chi connectivity index (χ3n) is 4.74. The molecule has 0 spiro atoms. The molecule has 3 aromatic rings. The fourth-order valence-electron chi connectivity index (χ4n) is 3.28. The molecule has 1 amide bonds. The lowest BCUT2D eigenvalue weighted by Gasteiger charge is -2.34. The van der Waals surface area contributed by atoms with Crippen LogP contribution in [0.25, 0.3) is 10.6 Å². The minimum absolute atomic E-state index is 0.00380. The van der Waals surface area contributed by atoms with Crippen molar-refractivity contribution in [2.24, 2.45) is 0 Å². The van der Waals surface area contributed by atoms with Crippen molar-refractivity contribution >= 4 is 23.2 Å². The lowest BCUT2D eigenvalue weighted by Crippen LogP contribution is -2.49. The van der Waals surface area contributed by atoms with Crippen LogP contribution in [0.3, 0.4) is 0 Å². The van der Waals surface area contributed by atoms with Gasteiger partial charge in [-0.2, -0.15) is 0 Å². The molecule has 27 heavy (non-hydrogen) atoms. The Balaban J connectivity index is 1.44. The molecule has 0 aliphatic carbocycles. The van der Waals surface area contributed by atoms with E-state index in [1.54, 1.807) is 18.5 Å². The highest BCUT2D eigenvalue weighted by atomic mass is 32.1. The molecular formula is C20H21N5OS. The number of carbonyl (C=O) groups excluding carboxylic acids is 1. The minimum atomic E-state index is -0.00380. The van der Waals surface area contributed by atoms with Crippen molar-refractivity contribution in [3.63, 3.8) is 0 Å². The minimum Gasteiger partial charge on any atom is -0.337 e. The molecule has 0 N–H and O–H groups in total. The van der Waals surface area contributed by atoms with E-state index in [1.807, 2.05) is 10.3 Å². The van der Waals surface area contributed by atoms with Crippen LogP contribution >= 0.6 is 11.3 Å². The largest absolute Gasteiger partial charge is 0.337 e. The Morgan fingerprint density at radius 1 is 1.07 bits per heavy atom. The van der Waals surface area contributed by atoms with Crippen LogP contribution in [-0.4, -0.2) is 51.9 Å². The lowest BCUT2D eigenvalue weighted by molar-refractivity contribution is 0.0741. The molecule has 0 saturated carbocycles. The maximum Gasteiger partial charge on any atom is 0.273 e. The fraction of sp³-hybridized carbons (Fsp3) is 0.300. The summed E-state index contributed by atoms with van der Waals surface area (Å²) < 4.78 is 0. The topological polar surface area (TPSA) is 62.2 Å². The summed E-state index contributed by atoms with van der Waals surface area (Å²) in [5.41, 5.74) is 4.03. The summed E-state index contributed by atoms with van der Waals surface area (Å²) >= 11 is 1.52. The molecule has 1 saturated heterocycles. The third-order valence-corrected chi connectivity index (χ3v) is 5.61. The van der Waals surface area contributed by atoms with Crippen LogP contribution in [0.5, 0.6) is 0 Å². The van der Waals surface area contributed by atoms with E-state index in [0.717, 1.165) is 29.6 Å². The van der Waals surface area contributed by atoms with E-state index in [2.05, 4.69) is 51.9 Å². The zero-order valence-corrected chi connectivity index (χ0v) is 16.2. The van der Waals surface area contributed by atoms with Gasteiger partial charge < -0.3 is 9.80 Å². The van der Waals surface area contributed by atoms with E-state index in [-0.39, 0.29) is 5.91 Å². The van der Waals surface area contributed by atoms with Crippen molar-refractivity contribution in [3.8, 4) is 10.6 Å². The van der Waals surface area contributed by atoms with Gasteiger partial charge in [0.2, 0.25) is 5.95 Å². The van der Waals surface area contributed by atoms with E-state index in [9.17, 15) is 4.79 Å². The maximum absolute atomic E-state index is 12.8. The number of benzene rings is 1. The number of amides is 1. The second kappa shape index (κ2) is 7.44. The molecule has 0 bridgehead atoms. The van der Waals surface area contributed by atoms with Crippen LogP contribution in [0, 0.1) is 13.8 Å². The third kappa shape index (κ3) is 3.68. The molecule has 3 heterocycles. The number of carbonyl (C=O) groups is 1. The van der Waals surface area contributed by atoms with Gasteiger partial charge in [-0.15, -0.1) is 11.3 Å². The number of hydrogen-bond acceptors (Lipinski definition) is 6. The lowest BCUT2D eigenvalue weighted by atomic mass is 10.1. The predicted molar refractivity (Wildman–Crippen MR) is 107 cm³/mol. The van der Waals surface area contributed by atoms with Crippen LogP contribution in [-0.2, 0) is 0 Å². The molecular weight excluding hydrogens is 358 g/mol. The van der Waals surface area contributed by atoms with Gasteiger partial charge in [-0.1, -0.05) is 23.8 Å². The average molecular weight is 379 g/mol. The Bertz CT molecular complexity index is 948. The number of aromatic nitrogens is 3. The van der Waals surface area contributed by atoms with E-state index < -0.39 is 0 Å². The van der Waals surface area contributed by atoms with Gasteiger partial charge in [-0.05, 0) is 25.5 Å². The summed E-state index contributed by atoms with van der Waals surface area (Å²) in [6.45, 7) is 6.90. The van der Waals surface area contributed by atoms with Gasteiger partial charge in [0.15, 0.2) is 0 Å². The van der Waals surface area contributed by atoms with Gasteiger partial charge in [0.25, 0.3) is 5.91 Å². The molecule has 0 atom stereocenters. The molecule has 0 unspecified atom stereocenters. The zero-order valence-electron chi connectivity index (χ0n) is 15.4. The fourth-order valence-corrected chi connectivity index (χ4v) is 4.16. The highest BCUT2D eigenvalue weighted by Crippen LogP contribution is 2.28. The van der Waals surface area contributed by atoms with Crippen molar-refractivity contribution in [2.45, 2.75) is 13.8 Å². The average Bonchev–Trinajstić information content (AvgIpc) is 3.18. The number of nitrogens with zero attached hydrogens (tertiary/aromatic N) is 5. The summed E-state index contributed by atoms with van der Waals surface area (Å²) in [6.07, 6.45) is 3.48.